The molecule has 2 atom stereocenters. The number of benzene rings is 3. The minimum Gasteiger partial charge on any atom is -0.491 e. The van der Waals surface area contributed by atoms with E-state index in [9.17, 15) is 9.90 Å². The maximum atomic E-state index is 12.8. The second kappa shape index (κ2) is 9.08. The van der Waals surface area contributed by atoms with Crippen LogP contribution in [0.2, 0.25) is 0 Å². The van der Waals surface area contributed by atoms with E-state index in [4.69, 9.17) is 9.72 Å². The highest BCUT2D eigenvalue weighted by atomic mass is 16.5. The molecule has 0 spiro atoms. The summed E-state index contributed by atoms with van der Waals surface area (Å²) in [6.45, 7) is 3.10. The molecule has 6 nitrogen and oxygen atoms in total. The zero-order valence-electron chi connectivity index (χ0n) is 18.6. The molecule has 1 aliphatic rings. The SMILES string of the molecule is Cc1cccc(OC[C@H](O)Cn2c([C@@H]3CC(=O)N(c4ccccc4)C3)nc3ccccc32)c1. The number of carbonyl (C=O) groups excluding carboxylic acids is 1. The van der Waals surface area contributed by atoms with E-state index >= 15 is 0 Å². The molecule has 1 amide bonds. The largest absolute Gasteiger partial charge is 0.491 e. The number of aryl methyl sites for hydroxylation is 1. The Kier molecular flexibility index (Phi) is 5.84. The van der Waals surface area contributed by atoms with Crippen LogP contribution < -0.4 is 9.64 Å². The summed E-state index contributed by atoms with van der Waals surface area (Å²) in [6.07, 6.45) is -0.321. The fourth-order valence-electron chi connectivity index (χ4n) is 4.50. The first-order valence-electron chi connectivity index (χ1n) is 11.3. The second-order valence-electron chi connectivity index (χ2n) is 8.59. The number of anilines is 1. The molecule has 1 fully saturated rings. The summed E-state index contributed by atoms with van der Waals surface area (Å²) in [5, 5.41) is 10.8. The molecule has 1 aliphatic heterocycles. The average Bonchev–Trinajstić information content (AvgIpc) is 3.39. The number of ether oxygens (including phenoxy) is 1. The van der Waals surface area contributed by atoms with Gasteiger partial charge >= 0.3 is 0 Å². The van der Waals surface area contributed by atoms with Gasteiger partial charge in [-0.25, -0.2) is 4.98 Å². The van der Waals surface area contributed by atoms with E-state index in [-0.39, 0.29) is 18.4 Å². The molecule has 1 saturated heterocycles. The van der Waals surface area contributed by atoms with Crippen LogP contribution in [0, 0.1) is 6.92 Å². The zero-order valence-corrected chi connectivity index (χ0v) is 18.6. The number of rotatable bonds is 7. The first-order valence-corrected chi connectivity index (χ1v) is 11.3. The molecule has 168 valence electrons. The van der Waals surface area contributed by atoms with Crippen molar-refractivity contribution in [2.45, 2.75) is 31.9 Å². The Hall–Kier alpha value is -3.64. The lowest BCUT2D eigenvalue weighted by atomic mass is 10.1. The molecule has 1 aromatic heterocycles. The number of amides is 1. The molecule has 0 unspecified atom stereocenters. The summed E-state index contributed by atoms with van der Waals surface area (Å²) >= 11 is 0. The number of hydrogen-bond donors (Lipinski definition) is 1. The van der Waals surface area contributed by atoms with Crippen molar-refractivity contribution in [1.82, 2.24) is 9.55 Å². The van der Waals surface area contributed by atoms with Gasteiger partial charge in [0.2, 0.25) is 5.91 Å². The van der Waals surface area contributed by atoms with Gasteiger partial charge in [0.15, 0.2) is 0 Å². The van der Waals surface area contributed by atoms with E-state index in [1.807, 2.05) is 95.3 Å². The van der Waals surface area contributed by atoms with Crippen molar-refractivity contribution in [3.05, 3.63) is 90.3 Å². The van der Waals surface area contributed by atoms with Crippen LogP contribution in [0.1, 0.15) is 23.7 Å². The van der Waals surface area contributed by atoms with Crippen molar-refractivity contribution in [1.29, 1.82) is 0 Å². The van der Waals surface area contributed by atoms with Crippen LogP contribution in [0.3, 0.4) is 0 Å². The van der Waals surface area contributed by atoms with E-state index in [1.165, 1.54) is 0 Å². The third-order valence-electron chi connectivity index (χ3n) is 6.07. The Balaban J connectivity index is 1.38. The standard InChI is InChI=1S/C27H27N3O3/c1-19-8-7-11-23(14-19)33-18-22(31)17-30-25-13-6-5-12-24(25)28-27(30)20-15-26(32)29(16-20)21-9-3-2-4-10-21/h2-14,20,22,31H,15-18H2,1H3/t20-,22-/m1/s1. The molecule has 4 aromatic rings. The van der Waals surface area contributed by atoms with E-state index in [0.29, 0.717) is 19.5 Å². The molecule has 5 rings (SSSR count). The van der Waals surface area contributed by atoms with Crippen molar-refractivity contribution in [3.8, 4) is 5.75 Å². The maximum Gasteiger partial charge on any atom is 0.227 e. The van der Waals surface area contributed by atoms with Crippen LogP contribution in [-0.2, 0) is 11.3 Å². The van der Waals surface area contributed by atoms with Gasteiger partial charge in [-0.1, -0.05) is 42.5 Å². The highest BCUT2D eigenvalue weighted by Gasteiger charge is 2.35. The third kappa shape index (κ3) is 4.47. The molecule has 6 heteroatoms. The topological polar surface area (TPSA) is 67.6 Å². The first kappa shape index (κ1) is 21.2. The Labute approximate surface area is 193 Å². The summed E-state index contributed by atoms with van der Waals surface area (Å²) in [5.74, 6) is 1.62. The summed E-state index contributed by atoms with van der Waals surface area (Å²) in [6, 6.07) is 25.4. The second-order valence-corrected chi connectivity index (χ2v) is 8.59. The lowest BCUT2D eigenvalue weighted by Gasteiger charge is -2.19. The molecule has 33 heavy (non-hydrogen) atoms. The fraction of sp³-hybridized carbons (Fsp3) is 0.259. The summed E-state index contributed by atoms with van der Waals surface area (Å²) in [7, 11) is 0. The van der Waals surface area contributed by atoms with Crippen molar-refractivity contribution in [2.24, 2.45) is 0 Å². The number of hydrogen-bond acceptors (Lipinski definition) is 4. The van der Waals surface area contributed by atoms with E-state index in [0.717, 1.165) is 33.9 Å². The Bertz CT molecular complexity index is 1270. The van der Waals surface area contributed by atoms with Gasteiger partial charge in [0, 0.05) is 24.6 Å². The van der Waals surface area contributed by atoms with E-state index in [2.05, 4.69) is 0 Å². The molecule has 3 aromatic carbocycles. The summed E-state index contributed by atoms with van der Waals surface area (Å²) in [5.41, 5.74) is 3.83. The average molecular weight is 442 g/mol. The number of aliphatic hydroxyl groups is 1. The van der Waals surface area contributed by atoms with Gasteiger partial charge in [-0.3, -0.25) is 4.79 Å². The number of aliphatic hydroxyl groups excluding tert-OH is 1. The first-order chi connectivity index (χ1) is 16.1. The van der Waals surface area contributed by atoms with Crippen LogP contribution in [0.4, 0.5) is 5.69 Å². The van der Waals surface area contributed by atoms with Crippen molar-refractivity contribution in [2.75, 3.05) is 18.1 Å². The normalized spacial score (nSPS) is 17.0. The van der Waals surface area contributed by atoms with Crippen LogP contribution >= 0.6 is 0 Å². The van der Waals surface area contributed by atoms with Crippen molar-refractivity contribution in [3.63, 3.8) is 0 Å². The van der Waals surface area contributed by atoms with Crippen LogP contribution in [0.25, 0.3) is 11.0 Å². The number of carbonyl (C=O) groups is 1. The van der Waals surface area contributed by atoms with Crippen molar-refractivity contribution < 1.29 is 14.6 Å². The molecule has 1 N–H and O–H groups in total. The van der Waals surface area contributed by atoms with Crippen LogP contribution in [0.5, 0.6) is 5.75 Å². The highest BCUT2D eigenvalue weighted by molar-refractivity contribution is 5.96. The van der Waals surface area contributed by atoms with E-state index < -0.39 is 6.10 Å². The minimum absolute atomic E-state index is 0.0463. The Morgan fingerprint density at radius 2 is 1.85 bits per heavy atom. The monoisotopic (exact) mass is 441 g/mol. The predicted octanol–water partition coefficient (Wildman–Crippen LogP) is 4.31. The van der Waals surface area contributed by atoms with Gasteiger partial charge in [-0.15, -0.1) is 0 Å². The number of imidazole rings is 1. The smallest absolute Gasteiger partial charge is 0.227 e. The molecule has 0 radical (unpaired) electrons. The maximum absolute atomic E-state index is 12.8. The quantitative estimate of drug-likeness (QED) is 0.464. The summed E-state index contributed by atoms with van der Waals surface area (Å²) < 4.78 is 7.87. The molecular weight excluding hydrogens is 414 g/mol. The molecular formula is C27H27N3O3. The lowest BCUT2D eigenvalue weighted by Crippen LogP contribution is -2.26. The van der Waals surface area contributed by atoms with Crippen molar-refractivity contribution >= 4 is 22.6 Å². The summed E-state index contributed by atoms with van der Waals surface area (Å²) in [4.78, 5) is 19.5. The molecule has 2 heterocycles. The fourth-order valence-corrected chi connectivity index (χ4v) is 4.50. The molecule has 0 aliphatic carbocycles. The molecule has 0 bridgehead atoms. The predicted molar refractivity (Wildman–Crippen MR) is 129 cm³/mol. The number of para-hydroxylation sites is 3. The van der Waals surface area contributed by atoms with Crippen LogP contribution in [-0.4, -0.2) is 39.8 Å². The third-order valence-corrected chi connectivity index (χ3v) is 6.07. The zero-order chi connectivity index (χ0) is 22.8. The number of aromatic nitrogens is 2. The van der Waals surface area contributed by atoms with Gasteiger partial charge < -0.3 is 19.3 Å². The van der Waals surface area contributed by atoms with Gasteiger partial charge in [0.25, 0.3) is 0 Å². The van der Waals surface area contributed by atoms with Gasteiger partial charge in [0.05, 0.1) is 17.6 Å². The lowest BCUT2D eigenvalue weighted by molar-refractivity contribution is -0.117. The number of nitrogens with zero attached hydrogens (tertiary/aromatic N) is 3. The molecule has 0 saturated carbocycles. The Morgan fingerprint density at radius 1 is 1.06 bits per heavy atom. The Morgan fingerprint density at radius 3 is 2.67 bits per heavy atom. The van der Waals surface area contributed by atoms with Gasteiger partial charge in [0.1, 0.15) is 24.3 Å². The van der Waals surface area contributed by atoms with E-state index in [1.54, 1.807) is 0 Å². The van der Waals surface area contributed by atoms with Gasteiger partial charge in [-0.2, -0.15) is 0 Å². The minimum atomic E-state index is -0.718. The van der Waals surface area contributed by atoms with Crippen LogP contribution in [0.15, 0.2) is 78.9 Å². The van der Waals surface area contributed by atoms with Gasteiger partial charge in [-0.05, 0) is 48.9 Å². The highest BCUT2D eigenvalue weighted by Crippen LogP contribution is 2.33. The number of fused-ring (bicyclic) bond motifs is 1.